The van der Waals surface area contributed by atoms with E-state index in [4.69, 9.17) is 4.98 Å². The Bertz CT molecular complexity index is 2870. The molecule has 3 heterocycles. The van der Waals surface area contributed by atoms with Crippen LogP contribution in [0.2, 0.25) is 0 Å². The topological polar surface area (TPSA) is 174 Å². The number of H-pyrrole nitrogens is 1. The van der Waals surface area contributed by atoms with Crippen molar-refractivity contribution in [3.05, 3.63) is 118 Å². The third-order valence-corrected chi connectivity index (χ3v) is 20.6. The van der Waals surface area contributed by atoms with Crippen LogP contribution in [0, 0.1) is 45.8 Å². The predicted molar refractivity (Wildman–Crippen MR) is 263 cm³/mol. The standard InChI is InChI=1S/C58H66N4O6/c63-44-18-11-34(29-47(44)66)9-15-39-40-6-1-7-45(64)49(40)52(68)51(67)41(39)16-10-33-8-14-38-35(28-33)12-17-42-50(38)62-54-43(56(42)24-26-59-27-25-56)30-37-5-3-21-57(37)23-22-55-20-2-4-36(55)13-19-46(65)53(55)58(54,57)48-31-60-32-61-48/h1,6-9,11,13-15,18-19,28-29,31-32,36-37,42-43,46,50,53-54,59,62-68H,2-5,10,12,16-17,20-27,30H2,(H,60,61). The number of hydrogen-bond acceptors (Lipinski definition) is 9. The summed E-state index contributed by atoms with van der Waals surface area (Å²) < 4.78 is 0. The Morgan fingerprint density at radius 1 is 0.750 bits per heavy atom. The molecule has 68 heavy (non-hydrogen) atoms. The van der Waals surface area contributed by atoms with E-state index < -0.39 is 6.10 Å². The van der Waals surface area contributed by atoms with E-state index in [9.17, 15) is 30.6 Å². The quantitative estimate of drug-likeness (QED) is 0.0457. The number of fused-ring (bicyclic) bond motifs is 9. The maximum absolute atomic E-state index is 12.8. The number of aromatic amines is 1. The monoisotopic (exact) mass is 914 g/mol. The summed E-state index contributed by atoms with van der Waals surface area (Å²) in [5.41, 5.74) is 7.18. The number of nitrogens with one attached hydrogen (secondary N) is 3. The van der Waals surface area contributed by atoms with Gasteiger partial charge in [-0.1, -0.05) is 73.5 Å². The van der Waals surface area contributed by atoms with Crippen molar-refractivity contribution in [2.75, 3.05) is 13.1 Å². The highest BCUT2D eigenvalue weighted by atomic mass is 16.3. The van der Waals surface area contributed by atoms with Crippen molar-refractivity contribution in [3.8, 4) is 28.7 Å². The Labute approximate surface area is 398 Å². The van der Waals surface area contributed by atoms with Gasteiger partial charge in [-0.3, -0.25) is 0 Å². The predicted octanol–water partition coefficient (Wildman–Crippen LogP) is 9.86. The van der Waals surface area contributed by atoms with Gasteiger partial charge in [-0.25, -0.2) is 4.98 Å². The van der Waals surface area contributed by atoms with E-state index in [0.717, 1.165) is 25.9 Å². The first-order valence-electron chi connectivity index (χ1n) is 25.9. The summed E-state index contributed by atoms with van der Waals surface area (Å²) in [5.74, 6) is 1.10. The average molecular weight is 915 g/mol. The van der Waals surface area contributed by atoms with Crippen LogP contribution >= 0.6 is 0 Å². The van der Waals surface area contributed by atoms with Crippen molar-refractivity contribution < 1.29 is 30.6 Å². The van der Waals surface area contributed by atoms with Gasteiger partial charge in [0.25, 0.3) is 0 Å². The molecule has 9 N–H and O–H groups in total. The second-order valence-electron chi connectivity index (χ2n) is 22.7. The number of nitrogens with zero attached hydrogens (tertiary/aromatic N) is 1. The molecule has 6 aliphatic carbocycles. The number of aryl methyl sites for hydroxylation is 2. The third-order valence-electron chi connectivity index (χ3n) is 20.6. The zero-order valence-electron chi connectivity index (χ0n) is 38.9. The Kier molecular flexibility index (Phi) is 9.82. The molecule has 3 spiro atoms. The molecule has 4 saturated carbocycles. The smallest absolute Gasteiger partial charge is 0.169 e. The molecular formula is C58H66N4O6. The van der Waals surface area contributed by atoms with Crippen molar-refractivity contribution >= 4 is 22.9 Å². The molecular weight excluding hydrogens is 849 g/mol. The number of piperidine rings is 2. The fourth-order valence-electron chi connectivity index (χ4n) is 18.2. The van der Waals surface area contributed by atoms with Crippen molar-refractivity contribution in [1.29, 1.82) is 0 Å². The molecule has 10 heteroatoms. The van der Waals surface area contributed by atoms with Gasteiger partial charge >= 0.3 is 0 Å². The van der Waals surface area contributed by atoms with Crippen molar-refractivity contribution in [2.45, 2.75) is 120 Å². The number of aliphatic hydroxyl groups is 1. The van der Waals surface area contributed by atoms with Crippen molar-refractivity contribution in [3.63, 3.8) is 0 Å². The summed E-state index contributed by atoms with van der Waals surface area (Å²) in [6.45, 7) is 2.11. The molecule has 11 atom stereocenters. The maximum Gasteiger partial charge on any atom is 0.169 e. The molecule has 2 aliphatic heterocycles. The fourth-order valence-corrected chi connectivity index (χ4v) is 18.2. The van der Waals surface area contributed by atoms with Gasteiger partial charge in [0.2, 0.25) is 0 Å². The van der Waals surface area contributed by atoms with Crippen LogP contribution in [0.1, 0.15) is 122 Å². The van der Waals surface area contributed by atoms with Crippen LogP contribution in [-0.4, -0.2) is 65.8 Å². The zero-order valence-corrected chi connectivity index (χ0v) is 38.9. The summed E-state index contributed by atoms with van der Waals surface area (Å²) in [5, 5.41) is 76.1. The molecule has 0 radical (unpaired) electrons. The molecule has 6 fully saturated rings. The number of aromatic hydroxyl groups is 5. The molecule has 1 aromatic heterocycles. The lowest BCUT2D eigenvalue weighted by Crippen LogP contribution is -2.79. The van der Waals surface area contributed by atoms with Gasteiger partial charge in [-0.2, -0.15) is 0 Å². The van der Waals surface area contributed by atoms with Crippen LogP contribution in [0.25, 0.3) is 22.9 Å². The van der Waals surface area contributed by atoms with Crippen molar-refractivity contribution in [1.82, 2.24) is 20.6 Å². The highest BCUT2D eigenvalue weighted by Gasteiger charge is 2.78. The van der Waals surface area contributed by atoms with E-state index >= 15 is 0 Å². The molecule has 13 rings (SSSR count). The molecule has 8 aliphatic rings. The minimum Gasteiger partial charge on any atom is -0.507 e. The van der Waals surface area contributed by atoms with Crippen LogP contribution in [0.15, 0.2) is 79.3 Å². The molecule has 5 aromatic rings. The van der Waals surface area contributed by atoms with Gasteiger partial charge in [-0.05, 0) is 188 Å². The Hall–Kier alpha value is -5.29. The van der Waals surface area contributed by atoms with E-state index in [0.29, 0.717) is 58.6 Å². The Balaban J connectivity index is 0.900. The lowest BCUT2D eigenvalue weighted by Gasteiger charge is -2.75. The van der Waals surface area contributed by atoms with Crippen LogP contribution < -0.4 is 10.6 Å². The molecule has 11 unspecified atom stereocenters. The fraction of sp³-hybridized carbons (Fsp3) is 0.500. The highest BCUT2D eigenvalue weighted by molar-refractivity contribution is 6.03. The summed E-state index contributed by atoms with van der Waals surface area (Å²) in [7, 11) is 0. The molecule has 354 valence electrons. The van der Waals surface area contributed by atoms with Gasteiger partial charge in [-0.15, -0.1) is 0 Å². The lowest BCUT2D eigenvalue weighted by molar-refractivity contribution is -0.225. The van der Waals surface area contributed by atoms with Crippen LogP contribution in [0.3, 0.4) is 0 Å². The van der Waals surface area contributed by atoms with E-state index in [1.54, 1.807) is 18.2 Å². The third kappa shape index (κ3) is 5.77. The molecule has 2 saturated heterocycles. The first kappa shape index (κ1) is 42.8. The van der Waals surface area contributed by atoms with Gasteiger partial charge in [0.05, 0.1) is 17.8 Å². The molecule has 4 aromatic carbocycles. The minimum absolute atomic E-state index is 0.0829. The van der Waals surface area contributed by atoms with Crippen LogP contribution in [0.4, 0.5) is 0 Å². The number of rotatable bonds is 6. The largest absolute Gasteiger partial charge is 0.507 e. The van der Waals surface area contributed by atoms with Gasteiger partial charge < -0.3 is 46.3 Å². The van der Waals surface area contributed by atoms with Crippen LogP contribution in [-0.2, 0) is 24.7 Å². The van der Waals surface area contributed by atoms with Gasteiger partial charge in [0, 0.05) is 40.9 Å². The van der Waals surface area contributed by atoms with Gasteiger partial charge in [0.1, 0.15) is 5.75 Å². The lowest BCUT2D eigenvalue weighted by atomic mass is 9.31. The Morgan fingerprint density at radius 2 is 1.62 bits per heavy atom. The maximum atomic E-state index is 12.8. The molecule has 10 nitrogen and oxygen atoms in total. The number of hydrogen-bond donors (Lipinski definition) is 9. The highest BCUT2D eigenvalue weighted by Crippen LogP contribution is 2.79. The number of imidazole rings is 1. The number of aromatic nitrogens is 2. The van der Waals surface area contributed by atoms with Crippen molar-refractivity contribution in [2.24, 2.45) is 45.8 Å². The summed E-state index contributed by atoms with van der Waals surface area (Å²) in [4.78, 5) is 8.72. The number of aliphatic hydroxyl groups excluding tert-OH is 1. The van der Waals surface area contributed by atoms with Crippen LogP contribution in [0.5, 0.6) is 28.7 Å². The second kappa shape index (κ2) is 15.6. The number of phenols is 5. The SMILES string of the molecule is Oc1ccc(C=Cc2c(CCc3ccc4c(c3)CCC3C4NC4C(CC5CCCC56CCC57CCCC5C=CC(O)C7C46c4cnc[nH]4)C34CCNCC4)c(O)c(O)c3c(O)cccc23)cc1O. The summed E-state index contributed by atoms with van der Waals surface area (Å²) in [6.07, 6.45) is 28.7. The van der Waals surface area contributed by atoms with E-state index in [2.05, 4.69) is 52.2 Å². The van der Waals surface area contributed by atoms with E-state index in [1.165, 1.54) is 111 Å². The number of benzene rings is 4. The molecule has 0 amide bonds. The summed E-state index contributed by atoms with van der Waals surface area (Å²) in [6, 6.07) is 17.1. The molecule has 0 bridgehead atoms. The normalized spacial score (nSPS) is 35.3. The Morgan fingerprint density at radius 3 is 2.46 bits per heavy atom. The van der Waals surface area contributed by atoms with E-state index in [1.807, 2.05) is 18.5 Å². The average Bonchev–Trinajstić information content (AvgIpc) is 4.14. The van der Waals surface area contributed by atoms with Gasteiger partial charge in [0.15, 0.2) is 23.0 Å². The number of phenolic OH excluding ortho intramolecular Hbond substituents is 5. The zero-order chi connectivity index (χ0) is 46.2. The second-order valence-corrected chi connectivity index (χ2v) is 22.7. The van der Waals surface area contributed by atoms with E-state index in [-0.39, 0.29) is 73.8 Å². The minimum atomic E-state index is -0.499. The first-order chi connectivity index (χ1) is 33.1. The summed E-state index contributed by atoms with van der Waals surface area (Å²) >= 11 is 0. The first-order valence-corrected chi connectivity index (χ1v) is 25.9. The number of allylic oxidation sites excluding steroid dienone is 1.